The van der Waals surface area contributed by atoms with Gasteiger partial charge in [-0.05, 0) is 35.9 Å². The molecule has 0 saturated carbocycles. The lowest BCUT2D eigenvalue weighted by molar-refractivity contribution is 0.0691. The van der Waals surface area contributed by atoms with Gasteiger partial charge in [0.05, 0.1) is 11.6 Å². The van der Waals surface area contributed by atoms with E-state index in [-0.39, 0.29) is 12.2 Å². The van der Waals surface area contributed by atoms with Crippen LogP contribution in [-0.4, -0.2) is 11.1 Å². The Morgan fingerprint density at radius 2 is 1.95 bits per heavy atom. The Labute approximate surface area is 124 Å². The third-order valence-corrected chi connectivity index (χ3v) is 3.14. The van der Waals surface area contributed by atoms with Gasteiger partial charge in [-0.3, -0.25) is 0 Å². The van der Waals surface area contributed by atoms with Gasteiger partial charge in [-0.1, -0.05) is 28.1 Å². The smallest absolute Gasteiger partial charge is 0.339 e. The molecule has 0 unspecified atom stereocenters. The van der Waals surface area contributed by atoms with Crippen LogP contribution >= 0.6 is 15.9 Å². The van der Waals surface area contributed by atoms with Gasteiger partial charge in [0.1, 0.15) is 17.9 Å². The summed E-state index contributed by atoms with van der Waals surface area (Å²) < 4.78 is 6.29. The van der Waals surface area contributed by atoms with E-state index in [1.807, 2.05) is 6.07 Å². The van der Waals surface area contributed by atoms with Crippen LogP contribution in [0.3, 0.4) is 0 Å². The van der Waals surface area contributed by atoms with Gasteiger partial charge in [-0.2, -0.15) is 5.26 Å². The first-order chi connectivity index (χ1) is 9.60. The van der Waals surface area contributed by atoms with Crippen LogP contribution in [0.5, 0.6) is 5.75 Å². The van der Waals surface area contributed by atoms with Crippen molar-refractivity contribution < 1.29 is 14.6 Å². The van der Waals surface area contributed by atoms with Crippen molar-refractivity contribution in [2.24, 2.45) is 0 Å². The van der Waals surface area contributed by atoms with Crippen LogP contribution in [0.25, 0.3) is 0 Å². The van der Waals surface area contributed by atoms with E-state index < -0.39 is 5.97 Å². The summed E-state index contributed by atoms with van der Waals surface area (Å²) in [4.78, 5) is 11.1. The van der Waals surface area contributed by atoms with Crippen LogP contribution in [0, 0.1) is 11.3 Å². The van der Waals surface area contributed by atoms with Gasteiger partial charge in [0, 0.05) is 4.47 Å². The second-order valence-electron chi connectivity index (χ2n) is 4.04. The number of halogens is 1. The molecule has 0 aliphatic carbocycles. The summed E-state index contributed by atoms with van der Waals surface area (Å²) in [5.74, 6) is -0.733. The number of rotatable bonds is 4. The van der Waals surface area contributed by atoms with Gasteiger partial charge in [0.15, 0.2) is 0 Å². The van der Waals surface area contributed by atoms with Crippen molar-refractivity contribution in [2.75, 3.05) is 0 Å². The van der Waals surface area contributed by atoms with Crippen LogP contribution in [0.4, 0.5) is 0 Å². The minimum absolute atomic E-state index is 0.113. The fourth-order valence-electron chi connectivity index (χ4n) is 1.63. The average molecular weight is 332 g/mol. The first kappa shape index (κ1) is 14.1. The molecular formula is C15H10BrNO3. The number of hydrogen-bond acceptors (Lipinski definition) is 3. The van der Waals surface area contributed by atoms with E-state index in [0.29, 0.717) is 11.3 Å². The molecule has 4 nitrogen and oxygen atoms in total. The minimum Gasteiger partial charge on any atom is -0.488 e. The predicted octanol–water partition coefficient (Wildman–Crippen LogP) is 3.60. The molecule has 5 heteroatoms. The van der Waals surface area contributed by atoms with Crippen molar-refractivity contribution in [3.8, 4) is 11.8 Å². The van der Waals surface area contributed by atoms with Crippen LogP contribution in [0.15, 0.2) is 46.9 Å². The standard InChI is InChI=1S/C15H10BrNO3/c16-12-5-6-13(15(18)19)14(7-12)20-9-11-3-1-10(8-17)2-4-11/h1-7H,9H2,(H,18,19). The van der Waals surface area contributed by atoms with Crippen LogP contribution in [0.2, 0.25) is 0 Å². The second-order valence-corrected chi connectivity index (χ2v) is 4.96. The summed E-state index contributed by atoms with van der Waals surface area (Å²) in [5.41, 5.74) is 1.55. The maximum atomic E-state index is 11.1. The SMILES string of the molecule is N#Cc1ccc(COc2cc(Br)ccc2C(=O)O)cc1. The van der Waals surface area contributed by atoms with Gasteiger partial charge in [-0.15, -0.1) is 0 Å². The number of benzene rings is 2. The summed E-state index contributed by atoms with van der Waals surface area (Å²) in [6.45, 7) is 0.239. The molecule has 0 saturated heterocycles. The third kappa shape index (κ3) is 3.37. The topological polar surface area (TPSA) is 70.3 Å². The summed E-state index contributed by atoms with van der Waals surface area (Å²) in [6.07, 6.45) is 0. The summed E-state index contributed by atoms with van der Waals surface area (Å²) in [7, 11) is 0. The Morgan fingerprint density at radius 3 is 2.55 bits per heavy atom. The molecule has 0 amide bonds. The number of nitriles is 1. The molecule has 2 aromatic rings. The lowest BCUT2D eigenvalue weighted by Gasteiger charge is -2.09. The number of nitrogens with zero attached hydrogens (tertiary/aromatic N) is 1. The quantitative estimate of drug-likeness (QED) is 0.929. The van der Waals surface area contributed by atoms with E-state index in [2.05, 4.69) is 15.9 Å². The Bertz CT molecular complexity index is 675. The maximum Gasteiger partial charge on any atom is 0.339 e. The summed E-state index contributed by atoms with van der Waals surface area (Å²) in [5, 5.41) is 17.8. The van der Waals surface area contributed by atoms with Crippen molar-refractivity contribution in [3.05, 3.63) is 63.6 Å². The molecule has 2 aromatic carbocycles. The third-order valence-electron chi connectivity index (χ3n) is 2.65. The first-order valence-electron chi connectivity index (χ1n) is 5.75. The second kappa shape index (κ2) is 6.22. The highest BCUT2D eigenvalue weighted by Gasteiger charge is 2.11. The van der Waals surface area contributed by atoms with Crippen molar-refractivity contribution in [2.45, 2.75) is 6.61 Å². The lowest BCUT2D eigenvalue weighted by atomic mass is 10.1. The van der Waals surface area contributed by atoms with E-state index in [9.17, 15) is 4.79 Å². The van der Waals surface area contributed by atoms with Crippen LogP contribution in [0.1, 0.15) is 21.5 Å². The molecule has 20 heavy (non-hydrogen) atoms. The first-order valence-corrected chi connectivity index (χ1v) is 6.54. The molecule has 100 valence electrons. The van der Waals surface area contributed by atoms with Gasteiger partial charge in [-0.25, -0.2) is 4.79 Å². The molecule has 1 N–H and O–H groups in total. The van der Waals surface area contributed by atoms with E-state index in [4.69, 9.17) is 15.1 Å². The zero-order valence-electron chi connectivity index (χ0n) is 10.3. The highest BCUT2D eigenvalue weighted by Crippen LogP contribution is 2.24. The molecule has 2 rings (SSSR count). The van der Waals surface area contributed by atoms with Crippen molar-refractivity contribution in [1.82, 2.24) is 0 Å². The highest BCUT2D eigenvalue weighted by molar-refractivity contribution is 9.10. The molecule has 0 aliphatic rings. The molecule has 0 heterocycles. The molecule has 0 atom stereocenters. The maximum absolute atomic E-state index is 11.1. The van der Waals surface area contributed by atoms with E-state index in [0.717, 1.165) is 10.0 Å². The number of ether oxygens (including phenoxy) is 1. The number of hydrogen-bond donors (Lipinski definition) is 1. The number of carboxylic acids is 1. The van der Waals surface area contributed by atoms with Crippen LogP contribution < -0.4 is 4.74 Å². The molecule has 0 spiro atoms. The van der Waals surface area contributed by atoms with Gasteiger partial charge in [0.25, 0.3) is 0 Å². The summed E-state index contributed by atoms with van der Waals surface area (Å²) >= 11 is 3.28. The zero-order chi connectivity index (χ0) is 14.5. The number of carboxylic acid groups (broad SMARTS) is 1. The fourth-order valence-corrected chi connectivity index (χ4v) is 1.97. The summed E-state index contributed by atoms with van der Waals surface area (Å²) in [6, 6.07) is 13.7. The zero-order valence-corrected chi connectivity index (χ0v) is 11.9. The highest BCUT2D eigenvalue weighted by atomic mass is 79.9. The predicted molar refractivity (Wildman–Crippen MR) is 76.6 cm³/mol. The van der Waals surface area contributed by atoms with Gasteiger partial charge >= 0.3 is 5.97 Å². The molecule has 0 bridgehead atoms. The average Bonchev–Trinajstić information content (AvgIpc) is 2.45. The molecule has 0 aliphatic heterocycles. The monoisotopic (exact) mass is 331 g/mol. The Hall–Kier alpha value is -2.32. The van der Waals surface area contributed by atoms with Crippen LogP contribution in [-0.2, 0) is 6.61 Å². The normalized spacial score (nSPS) is 9.80. The van der Waals surface area contributed by atoms with E-state index >= 15 is 0 Å². The van der Waals surface area contributed by atoms with Crippen molar-refractivity contribution in [3.63, 3.8) is 0 Å². The Morgan fingerprint density at radius 1 is 1.25 bits per heavy atom. The van der Waals surface area contributed by atoms with Crippen molar-refractivity contribution >= 4 is 21.9 Å². The Balaban J connectivity index is 2.15. The molecule has 0 radical (unpaired) electrons. The van der Waals surface area contributed by atoms with Gasteiger partial charge in [0.2, 0.25) is 0 Å². The van der Waals surface area contributed by atoms with E-state index in [1.54, 1.807) is 36.4 Å². The molecule has 0 aromatic heterocycles. The lowest BCUT2D eigenvalue weighted by Crippen LogP contribution is -2.03. The van der Waals surface area contributed by atoms with Crippen molar-refractivity contribution in [1.29, 1.82) is 5.26 Å². The fraction of sp³-hybridized carbons (Fsp3) is 0.0667. The largest absolute Gasteiger partial charge is 0.488 e. The number of aromatic carboxylic acids is 1. The number of carbonyl (C=O) groups is 1. The van der Waals surface area contributed by atoms with E-state index in [1.165, 1.54) is 6.07 Å². The van der Waals surface area contributed by atoms with Gasteiger partial charge < -0.3 is 9.84 Å². The minimum atomic E-state index is -1.03. The molecular weight excluding hydrogens is 322 g/mol. The molecule has 0 fully saturated rings. The Kier molecular flexibility index (Phi) is 4.38.